The Hall–Kier alpha value is -2.47. The number of likely N-dealkylation sites (N-methyl/N-ethyl adjacent to an activating group) is 1. The van der Waals surface area contributed by atoms with Crippen molar-refractivity contribution in [2.45, 2.75) is 44.3 Å². The molecule has 12 heteroatoms. The topological polar surface area (TPSA) is 110 Å². The van der Waals surface area contributed by atoms with E-state index in [1.165, 1.54) is 22.7 Å². The number of carbonyl (C=O) groups excluding carboxylic acids is 3. The Morgan fingerprint density at radius 3 is 2.67 bits per heavy atom. The highest BCUT2D eigenvalue weighted by Crippen LogP contribution is 2.31. The molecule has 192 valence electrons. The van der Waals surface area contributed by atoms with E-state index in [2.05, 4.69) is 32.5 Å². The fourth-order valence-electron chi connectivity index (χ4n) is 5.00. The highest BCUT2D eigenvalue weighted by atomic mass is 35.5. The molecule has 1 aliphatic heterocycles. The van der Waals surface area contributed by atoms with Gasteiger partial charge < -0.3 is 25.4 Å². The summed E-state index contributed by atoms with van der Waals surface area (Å²) >= 11 is 8.86. The van der Waals surface area contributed by atoms with Crippen molar-refractivity contribution >= 4 is 62.2 Å². The molecule has 3 N–H and O–H groups in total. The van der Waals surface area contributed by atoms with E-state index in [4.69, 9.17) is 11.6 Å². The van der Waals surface area contributed by atoms with Crippen LogP contribution in [0.4, 0.5) is 0 Å². The molecule has 0 radical (unpaired) electrons. The van der Waals surface area contributed by atoms with Crippen LogP contribution in [0.15, 0.2) is 12.1 Å². The summed E-state index contributed by atoms with van der Waals surface area (Å²) in [5.74, 6) is -0.680. The van der Waals surface area contributed by atoms with E-state index in [1.54, 1.807) is 25.1 Å². The maximum absolute atomic E-state index is 13.2. The number of aromatic nitrogens is 2. The van der Waals surface area contributed by atoms with Crippen molar-refractivity contribution in [2.24, 2.45) is 5.92 Å². The summed E-state index contributed by atoms with van der Waals surface area (Å²) in [7, 11) is 5.54. The number of amides is 3. The van der Waals surface area contributed by atoms with Crippen molar-refractivity contribution in [3.05, 3.63) is 37.7 Å². The second kappa shape index (κ2) is 10.1. The van der Waals surface area contributed by atoms with Crippen LogP contribution in [0.1, 0.15) is 50.1 Å². The number of nitrogens with one attached hydrogen (secondary N) is 3. The molecule has 3 atom stereocenters. The zero-order chi connectivity index (χ0) is 25.6. The molecule has 3 aromatic heterocycles. The van der Waals surface area contributed by atoms with Gasteiger partial charge in [0.15, 0.2) is 5.01 Å². The third kappa shape index (κ3) is 5.15. The second-order valence-electron chi connectivity index (χ2n) is 9.80. The van der Waals surface area contributed by atoms with Gasteiger partial charge in [0.25, 0.3) is 11.8 Å². The van der Waals surface area contributed by atoms with Gasteiger partial charge in [0.05, 0.1) is 16.1 Å². The molecular formula is C24H29ClN6O3S2. The van der Waals surface area contributed by atoms with Crippen LogP contribution in [0.2, 0.25) is 4.34 Å². The van der Waals surface area contributed by atoms with Crippen LogP contribution < -0.4 is 10.6 Å². The molecule has 1 saturated carbocycles. The molecule has 0 spiro atoms. The molecule has 0 saturated heterocycles. The van der Waals surface area contributed by atoms with Crippen molar-refractivity contribution in [1.29, 1.82) is 0 Å². The molecular weight excluding hydrogens is 520 g/mol. The number of rotatable bonds is 5. The summed E-state index contributed by atoms with van der Waals surface area (Å²) in [6, 6.07) is 2.90. The number of nitrogens with zero attached hydrogens (tertiary/aromatic N) is 3. The lowest BCUT2D eigenvalue weighted by Crippen LogP contribution is -2.56. The number of aromatic amines is 1. The van der Waals surface area contributed by atoms with E-state index in [1.807, 2.05) is 6.07 Å². The third-order valence-electron chi connectivity index (χ3n) is 6.91. The summed E-state index contributed by atoms with van der Waals surface area (Å²) < 4.78 is 0.658. The summed E-state index contributed by atoms with van der Waals surface area (Å²) in [6.45, 7) is 1.71. The van der Waals surface area contributed by atoms with Crippen molar-refractivity contribution in [3.63, 3.8) is 0 Å². The Labute approximate surface area is 222 Å². The number of fused-ring (bicyclic) bond motifs is 2. The lowest BCUT2D eigenvalue weighted by atomic mass is 9.81. The zero-order valence-electron chi connectivity index (χ0n) is 20.4. The Balaban J connectivity index is 1.33. The highest BCUT2D eigenvalue weighted by Gasteiger charge is 2.37. The SMILES string of the molecule is CN1CCc2nc(C(=O)N[C@@H]3CC(C(=O)N(C)C)CC[C@@H]3NC(=O)c3cc4cc(Cl)sc4[nH]3)sc2C1. The van der Waals surface area contributed by atoms with Gasteiger partial charge in [0.2, 0.25) is 5.91 Å². The fourth-order valence-corrected chi connectivity index (χ4v) is 7.22. The quantitative estimate of drug-likeness (QED) is 0.454. The Morgan fingerprint density at radius 2 is 1.92 bits per heavy atom. The van der Waals surface area contributed by atoms with E-state index in [9.17, 15) is 14.4 Å². The normalized spacial score (nSPS) is 22.3. The first-order chi connectivity index (χ1) is 17.2. The minimum Gasteiger partial charge on any atom is -0.349 e. The van der Waals surface area contributed by atoms with Crippen molar-refractivity contribution in [3.8, 4) is 0 Å². The average Bonchev–Trinajstić information content (AvgIpc) is 3.52. The van der Waals surface area contributed by atoms with Gasteiger partial charge >= 0.3 is 0 Å². The second-order valence-corrected chi connectivity index (χ2v) is 12.6. The largest absolute Gasteiger partial charge is 0.349 e. The fraction of sp³-hybridized carbons (Fsp3) is 0.500. The van der Waals surface area contributed by atoms with Gasteiger partial charge in [-0.05, 0) is 38.4 Å². The third-order valence-corrected chi connectivity index (χ3v) is 9.19. The first-order valence-corrected chi connectivity index (χ1v) is 14.0. The van der Waals surface area contributed by atoms with Gasteiger partial charge in [0.1, 0.15) is 10.5 Å². The molecule has 2 aliphatic rings. The molecule has 0 bridgehead atoms. The van der Waals surface area contributed by atoms with Gasteiger partial charge in [-0.15, -0.1) is 22.7 Å². The number of thiophene rings is 1. The molecule has 9 nitrogen and oxygen atoms in total. The first-order valence-electron chi connectivity index (χ1n) is 12.0. The molecule has 1 aliphatic carbocycles. The van der Waals surface area contributed by atoms with Gasteiger partial charge in [-0.2, -0.15) is 0 Å². The van der Waals surface area contributed by atoms with Crippen molar-refractivity contribution in [2.75, 3.05) is 27.7 Å². The van der Waals surface area contributed by atoms with Crippen LogP contribution in [-0.2, 0) is 17.8 Å². The number of H-pyrrole nitrogens is 1. The summed E-state index contributed by atoms with van der Waals surface area (Å²) in [4.78, 5) is 52.5. The van der Waals surface area contributed by atoms with Crippen molar-refractivity contribution < 1.29 is 14.4 Å². The lowest BCUT2D eigenvalue weighted by Gasteiger charge is -2.37. The molecule has 3 aromatic rings. The number of thiazole rings is 1. The van der Waals surface area contributed by atoms with E-state index in [0.717, 1.165) is 40.3 Å². The summed E-state index contributed by atoms with van der Waals surface area (Å²) in [5, 5.41) is 7.51. The van der Waals surface area contributed by atoms with Gasteiger partial charge in [-0.1, -0.05) is 11.6 Å². The first kappa shape index (κ1) is 25.2. The van der Waals surface area contributed by atoms with E-state index in [0.29, 0.717) is 34.3 Å². The van der Waals surface area contributed by atoms with Crippen LogP contribution in [-0.4, -0.2) is 77.3 Å². The van der Waals surface area contributed by atoms with Gasteiger partial charge in [0, 0.05) is 55.8 Å². The predicted molar refractivity (Wildman–Crippen MR) is 142 cm³/mol. The highest BCUT2D eigenvalue weighted by molar-refractivity contribution is 7.22. The maximum atomic E-state index is 13.2. The average molecular weight is 549 g/mol. The van der Waals surface area contributed by atoms with Crippen molar-refractivity contribution in [1.82, 2.24) is 30.4 Å². The van der Waals surface area contributed by atoms with Gasteiger partial charge in [-0.25, -0.2) is 4.98 Å². The van der Waals surface area contributed by atoms with Crippen LogP contribution in [0, 0.1) is 5.92 Å². The minimum absolute atomic E-state index is 0.0354. The Bertz CT molecular complexity index is 1280. The van der Waals surface area contributed by atoms with E-state index >= 15 is 0 Å². The molecule has 0 aromatic carbocycles. The van der Waals surface area contributed by atoms with Gasteiger partial charge in [-0.3, -0.25) is 14.4 Å². The summed E-state index contributed by atoms with van der Waals surface area (Å²) in [6.07, 6.45) is 2.51. The standard InChI is InChI=1S/C24H29ClN6O3S2/c1-30(2)24(34)12-4-5-14(26-20(32)17-9-13-10-19(25)36-22(13)29-17)16(8-12)27-21(33)23-28-15-6-7-31(3)11-18(15)35-23/h9-10,12,14,16,29H,4-8,11H2,1-3H3,(H,26,32)(H,27,33)/t12?,14-,16+/m0/s1. The van der Waals surface area contributed by atoms with E-state index in [-0.39, 0.29) is 29.7 Å². The monoisotopic (exact) mass is 548 g/mol. The predicted octanol–water partition coefficient (Wildman–Crippen LogP) is 3.11. The van der Waals surface area contributed by atoms with Crippen LogP contribution in [0.5, 0.6) is 0 Å². The molecule has 1 unspecified atom stereocenters. The molecule has 3 amide bonds. The minimum atomic E-state index is -0.391. The molecule has 4 heterocycles. The Morgan fingerprint density at radius 1 is 1.14 bits per heavy atom. The number of hydrogen-bond acceptors (Lipinski definition) is 7. The smallest absolute Gasteiger partial charge is 0.280 e. The maximum Gasteiger partial charge on any atom is 0.280 e. The zero-order valence-corrected chi connectivity index (χ0v) is 22.8. The number of carbonyl (C=O) groups is 3. The number of hydrogen-bond donors (Lipinski definition) is 3. The summed E-state index contributed by atoms with van der Waals surface area (Å²) in [5.41, 5.74) is 1.44. The lowest BCUT2D eigenvalue weighted by molar-refractivity contribution is -0.134. The number of halogens is 1. The van der Waals surface area contributed by atoms with E-state index < -0.39 is 6.04 Å². The molecule has 5 rings (SSSR count). The molecule has 36 heavy (non-hydrogen) atoms. The Kier molecular flexibility index (Phi) is 7.08. The van der Waals surface area contributed by atoms with Crippen LogP contribution in [0.3, 0.4) is 0 Å². The van der Waals surface area contributed by atoms with Crippen LogP contribution in [0.25, 0.3) is 10.2 Å². The van der Waals surface area contributed by atoms with Crippen LogP contribution >= 0.6 is 34.3 Å². The molecule has 1 fully saturated rings.